The van der Waals surface area contributed by atoms with Crippen LogP contribution in [-0.2, 0) is 0 Å². The lowest BCUT2D eigenvalue weighted by Crippen LogP contribution is -2.04. The van der Waals surface area contributed by atoms with Crippen LogP contribution in [0.2, 0.25) is 5.02 Å². The van der Waals surface area contributed by atoms with E-state index in [0.717, 1.165) is 27.8 Å². The van der Waals surface area contributed by atoms with Crippen LogP contribution < -0.4 is 0 Å². The molecule has 0 aliphatic carbocycles. The zero-order valence-electron chi connectivity index (χ0n) is 18.1. The third-order valence-corrected chi connectivity index (χ3v) is 7.03. The van der Waals surface area contributed by atoms with Gasteiger partial charge in [-0.25, -0.2) is 0 Å². The predicted molar refractivity (Wildman–Crippen MR) is 137 cm³/mol. The number of rotatable bonds is 6. The highest BCUT2D eigenvalue weighted by Gasteiger charge is 2.23. The van der Waals surface area contributed by atoms with Crippen LogP contribution in [0.25, 0.3) is 17.1 Å². The molecule has 0 atom stereocenters. The molecule has 0 N–H and O–H groups in total. The number of hydrogen-bond acceptors (Lipinski definition) is 3. The molecule has 0 fully saturated rings. The number of halogens is 1. The molecule has 0 saturated carbocycles. The van der Waals surface area contributed by atoms with Crippen LogP contribution >= 0.6 is 23.4 Å². The first-order valence-corrected chi connectivity index (χ1v) is 12.0. The second kappa shape index (κ2) is 9.65. The molecule has 33 heavy (non-hydrogen) atoms. The fourth-order valence-corrected chi connectivity index (χ4v) is 5.15. The van der Waals surface area contributed by atoms with Crippen molar-refractivity contribution in [2.75, 3.05) is 0 Å². The second-order valence-electron chi connectivity index (χ2n) is 7.75. The van der Waals surface area contributed by atoms with E-state index in [1.54, 1.807) is 11.8 Å². The normalized spacial score (nSPS) is 11.1. The summed E-state index contributed by atoms with van der Waals surface area (Å²) in [5.41, 5.74) is 5.64. The summed E-state index contributed by atoms with van der Waals surface area (Å²) in [7, 11) is 0. The maximum absolute atomic E-state index is 6.14. The van der Waals surface area contributed by atoms with E-state index in [1.165, 1.54) is 11.1 Å². The quantitative estimate of drug-likeness (QED) is 0.239. The molecule has 0 spiro atoms. The van der Waals surface area contributed by atoms with Crippen LogP contribution in [0.1, 0.15) is 21.9 Å². The van der Waals surface area contributed by atoms with Crippen molar-refractivity contribution in [2.45, 2.75) is 17.3 Å². The van der Waals surface area contributed by atoms with E-state index >= 15 is 0 Å². The molecular weight excluding hydrogens is 446 g/mol. The lowest BCUT2D eigenvalue weighted by molar-refractivity contribution is 0.876. The van der Waals surface area contributed by atoms with Gasteiger partial charge in [0, 0.05) is 10.6 Å². The van der Waals surface area contributed by atoms with Gasteiger partial charge in [0.1, 0.15) is 0 Å². The maximum Gasteiger partial charge on any atom is 0.197 e. The third kappa shape index (κ3) is 4.58. The van der Waals surface area contributed by atoms with E-state index in [4.69, 9.17) is 11.6 Å². The van der Waals surface area contributed by atoms with E-state index in [0.29, 0.717) is 5.02 Å². The zero-order chi connectivity index (χ0) is 22.6. The monoisotopic (exact) mass is 467 g/mol. The van der Waals surface area contributed by atoms with Crippen LogP contribution in [0.5, 0.6) is 0 Å². The molecule has 162 valence electrons. The standard InChI is InChI=1S/C28H22ClN3S/c1-20-10-8-9-15-25(20)32-27(23-16-18-24(29)19-17-23)30-31-28(32)33-26(21-11-4-2-5-12-21)22-13-6-3-7-14-22/h2-19,26H,1H3. The van der Waals surface area contributed by atoms with Crippen molar-refractivity contribution in [1.82, 2.24) is 14.8 Å². The second-order valence-corrected chi connectivity index (χ2v) is 9.26. The number of benzene rings is 4. The number of thioether (sulfide) groups is 1. The molecule has 5 aromatic rings. The minimum absolute atomic E-state index is 0.0810. The molecule has 1 heterocycles. The van der Waals surface area contributed by atoms with Crippen LogP contribution in [-0.4, -0.2) is 14.8 Å². The lowest BCUT2D eigenvalue weighted by atomic mass is 10.0. The topological polar surface area (TPSA) is 30.7 Å². The molecular formula is C28H22ClN3S. The summed E-state index contributed by atoms with van der Waals surface area (Å²) in [4.78, 5) is 0. The Hall–Kier alpha value is -3.34. The van der Waals surface area contributed by atoms with Crippen LogP contribution in [0.4, 0.5) is 0 Å². The molecule has 0 amide bonds. The number of aromatic nitrogens is 3. The summed E-state index contributed by atoms with van der Waals surface area (Å²) in [6.07, 6.45) is 0. The Morgan fingerprint density at radius 2 is 1.27 bits per heavy atom. The number of aryl methyl sites for hydroxylation is 1. The van der Waals surface area contributed by atoms with Crippen molar-refractivity contribution < 1.29 is 0 Å². The average molecular weight is 468 g/mol. The average Bonchev–Trinajstić information content (AvgIpc) is 3.27. The third-order valence-electron chi connectivity index (χ3n) is 5.52. The van der Waals surface area contributed by atoms with Gasteiger partial charge < -0.3 is 0 Å². The molecule has 0 unspecified atom stereocenters. The van der Waals surface area contributed by atoms with Gasteiger partial charge in [-0.05, 0) is 53.9 Å². The van der Waals surface area contributed by atoms with Gasteiger partial charge in [-0.1, -0.05) is 102 Å². The van der Waals surface area contributed by atoms with Crippen molar-refractivity contribution in [1.29, 1.82) is 0 Å². The Morgan fingerprint density at radius 1 is 0.697 bits per heavy atom. The number of para-hydroxylation sites is 1. The van der Waals surface area contributed by atoms with Crippen molar-refractivity contribution >= 4 is 23.4 Å². The first-order valence-electron chi connectivity index (χ1n) is 10.7. The van der Waals surface area contributed by atoms with E-state index in [1.807, 2.05) is 42.5 Å². The Balaban J connectivity index is 1.66. The highest BCUT2D eigenvalue weighted by molar-refractivity contribution is 7.99. The molecule has 0 bridgehead atoms. The first-order chi connectivity index (χ1) is 16.2. The van der Waals surface area contributed by atoms with Gasteiger partial charge in [-0.3, -0.25) is 4.57 Å². The predicted octanol–water partition coefficient (Wildman–Crippen LogP) is 7.78. The largest absolute Gasteiger partial charge is 0.270 e. The minimum atomic E-state index is 0.0810. The summed E-state index contributed by atoms with van der Waals surface area (Å²) in [5, 5.41) is 10.9. The van der Waals surface area contributed by atoms with Crippen molar-refractivity contribution in [2.24, 2.45) is 0 Å². The van der Waals surface area contributed by atoms with Gasteiger partial charge in [-0.15, -0.1) is 10.2 Å². The summed E-state index contributed by atoms with van der Waals surface area (Å²) < 4.78 is 2.15. The van der Waals surface area contributed by atoms with Gasteiger partial charge in [0.05, 0.1) is 10.9 Å². The highest BCUT2D eigenvalue weighted by Crippen LogP contribution is 2.41. The Labute approximate surface area is 203 Å². The molecule has 5 heteroatoms. The van der Waals surface area contributed by atoms with Gasteiger partial charge in [0.25, 0.3) is 0 Å². The van der Waals surface area contributed by atoms with Crippen LogP contribution in [0.15, 0.2) is 114 Å². The Morgan fingerprint density at radius 3 is 1.88 bits per heavy atom. The van der Waals surface area contributed by atoms with E-state index in [2.05, 4.69) is 88.4 Å². The molecule has 0 radical (unpaired) electrons. The molecule has 3 nitrogen and oxygen atoms in total. The molecule has 0 saturated heterocycles. The van der Waals surface area contributed by atoms with E-state index < -0.39 is 0 Å². The van der Waals surface area contributed by atoms with Crippen LogP contribution in [0, 0.1) is 6.92 Å². The first kappa shape index (κ1) is 21.5. The number of nitrogens with zero attached hydrogens (tertiary/aromatic N) is 3. The maximum atomic E-state index is 6.14. The van der Waals surface area contributed by atoms with Crippen molar-refractivity contribution in [3.8, 4) is 17.1 Å². The van der Waals surface area contributed by atoms with Crippen molar-refractivity contribution in [3.05, 3.63) is 131 Å². The fourth-order valence-electron chi connectivity index (χ4n) is 3.85. The summed E-state index contributed by atoms with van der Waals surface area (Å²) >= 11 is 7.85. The smallest absolute Gasteiger partial charge is 0.197 e. The Kier molecular flexibility index (Phi) is 6.29. The zero-order valence-corrected chi connectivity index (χ0v) is 19.7. The van der Waals surface area contributed by atoms with E-state index in [-0.39, 0.29) is 5.25 Å². The molecule has 4 aromatic carbocycles. The number of hydrogen-bond donors (Lipinski definition) is 0. The van der Waals surface area contributed by atoms with Gasteiger partial charge >= 0.3 is 0 Å². The van der Waals surface area contributed by atoms with Crippen molar-refractivity contribution in [3.63, 3.8) is 0 Å². The van der Waals surface area contributed by atoms with Gasteiger partial charge in [-0.2, -0.15) is 0 Å². The molecule has 0 aliphatic heterocycles. The minimum Gasteiger partial charge on any atom is -0.270 e. The fraction of sp³-hybridized carbons (Fsp3) is 0.0714. The van der Waals surface area contributed by atoms with Gasteiger partial charge in [0.2, 0.25) is 0 Å². The highest BCUT2D eigenvalue weighted by atomic mass is 35.5. The summed E-state index contributed by atoms with van der Waals surface area (Å²) in [5.74, 6) is 0.795. The molecule has 0 aliphatic rings. The SMILES string of the molecule is Cc1ccccc1-n1c(SC(c2ccccc2)c2ccccc2)nnc1-c1ccc(Cl)cc1. The molecule has 1 aromatic heterocycles. The lowest BCUT2D eigenvalue weighted by Gasteiger charge is -2.19. The van der Waals surface area contributed by atoms with Gasteiger partial charge in [0.15, 0.2) is 11.0 Å². The van der Waals surface area contributed by atoms with Crippen LogP contribution in [0.3, 0.4) is 0 Å². The van der Waals surface area contributed by atoms with E-state index in [9.17, 15) is 0 Å². The Bertz CT molecular complexity index is 1310. The summed E-state index contributed by atoms with van der Waals surface area (Å²) in [6, 6.07) is 37.2. The molecule has 5 rings (SSSR count). The summed E-state index contributed by atoms with van der Waals surface area (Å²) in [6.45, 7) is 2.11.